The van der Waals surface area contributed by atoms with E-state index in [1.54, 1.807) is 38.5 Å². The fourth-order valence-electron chi connectivity index (χ4n) is 3.07. The Kier molecular flexibility index (Phi) is 3.08. The summed E-state index contributed by atoms with van der Waals surface area (Å²) in [4.78, 5) is 0. The van der Waals surface area contributed by atoms with Gasteiger partial charge < -0.3 is 0 Å². The first-order chi connectivity index (χ1) is 5.95. The predicted molar refractivity (Wildman–Crippen MR) is 53.2 cm³/mol. The second-order valence-electron chi connectivity index (χ2n) is 4.88. The Morgan fingerprint density at radius 2 is 0.917 bits per heavy atom. The van der Waals surface area contributed by atoms with E-state index in [1.165, 1.54) is 25.7 Å². The van der Waals surface area contributed by atoms with Gasteiger partial charge in [-0.2, -0.15) is 0 Å². The molecule has 2 aliphatic rings. The van der Waals surface area contributed by atoms with Gasteiger partial charge in [0.15, 0.2) is 0 Å². The van der Waals surface area contributed by atoms with E-state index in [0.29, 0.717) is 0 Å². The molecular formula is C12H22. The quantitative estimate of drug-likeness (QED) is 0.591. The van der Waals surface area contributed by atoms with E-state index >= 15 is 0 Å². The van der Waals surface area contributed by atoms with Gasteiger partial charge in [-0.05, 0) is 11.8 Å². The van der Waals surface area contributed by atoms with Crippen molar-refractivity contribution in [1.29, 1.82) is 0 Å². The second kappa shape index (κ2) is 4.30. The molecular weight excluding hydrogens is 144 g/mol. The minimum absolute atomic E-state index is 1.13. The van der Waals surface area contributed by atoms with Crippen LogP contribution in [0.2, 0.25) is 0 Å². The van der Waals surface area contributed by atoms with Crippen LogP contribution in [0.1, 0.15) is 64.2 Å². The third kappa shape index (κ3) is 2.24. The molecule has 0 atom stereocenters. The average molecular weight is 166 g/mol. The molecule has 0 aromatic rings. The molecule has 0 N–H and O–H groups in total. The molecule has 12 heavy (non-hydrogen) atoms. The van der Waals surface area contributed by atoms with Crippen LogP contribution in [0.15, 0.2) is 0 Å². The smallest absolute Gasteiger partial charge is 0.0414 e. The fourth-order valence-corrected chi connectivity index (χ4v) is 3.07. The van der Waals surface area contributed by atoms with Crippen LogP contribution in [-0.2, 0) is 0 Å². The van der Waals surface area contributed by atoms with Crippen molar-refractivity contribution in [3.63, 3.8) is 0 Å². The minimum Gasteiger partial charge on any atom is -0.0530 e. The normalized spacial score (nSPS) is 27.0. The van der Waals surface area contributed by atoms with Crippen LogP contribution in [0.4, 0.5) is 0 Å². The molecule has 0 unspecified atom stereocenters. The van der Waals surface area contributed by atoms with Crippen molar-refractivity contribution < 1.29 is 0 Å². The molecule has 0 bridgehead atoms. The lowest BCUT2D eigenvalue weighted by atomic mass is 9.94. The Morgan fingerprint density at radius 1 is 0.583 bits per heavy atom. The zero-order chi connectivity index (χ0) is 8.23. The predicted octanol–water partition coefficient (Wildman–Crippen LogP) is 4.15. The fraction of sp³-hybridized carbons (Fsp3) is 1.00. The summed E-state index contributed by atoms with van der Waals surface area (Å²) in [5.41, 5.74) is 0. The standard InChI is InChI=1S/C12H22/c1-2-6-11(5-1)9-10-12-7-3-4-8-12/h11-12H,1-10H2. The van der Waals surface area contributed by atoms with Crippen LogP contribution in [0.5, 0.6) is 0 Å². The van der Waals surface area contributed by atoms with Crippen molar-refractivity contribution in [2.45, 2.75) is 64.2 Å². The summed E-state index contributed by atoms with van der Waals surface area (Å²) in [6.45, 7) is 0. The maximum absolute atomic E-state index is 1.56. The lowest BCUT2D eigenvalue weighted by Crippen LogP contribution is -1.99. The van der Waals surface area contributed by atoms with Gasteiger partial charge in [-0.1, -0.05) is 64.2 Å². The molecule has 0 saturated heterocycles. The van der Waals surface area contributed by atoms with E-state index in [9.17, 15) is 0 Å². The summed E-state index contributed by atoms with van der Waals surface area (Å²) in [7, 11) is 0. The summed E-state index contributed by atoms with van der Waals surface area (Å²) < 4.78 is 0. The van der Waals surface area contributed by atoms with Crippen LogP contribution in [0, 0.1) is 11.8 Å². The molecule has 2 aliphatic carbocycles. The van der Waals surface area contributed by atoms with Crippen molar-refractivity contribution in [2.75, 3.05) is 0 Å². The Bertz CT molecular complexity index is 100. The number of hydrogen-bond donors (Lipinski definition) is 0. The lowest BCUT2D eigenvalue weighted by molar-refractivity contribution is 0.402. The highest BCUT2D eigenvalue weighted by Crippen LogP contribution is 2.34. The molecule has 70 valence electrons. The van der Waals surface area contributed by atoms with Gasteiger partial charge in [0.05, 0.1) is 0 Å². The van der Waals surface area contributed by atoms with Crippen LogP contribution in [0.3, 0.4) is 0 Å². The SMILES string of the molecule is C1CCC(CCC2CCCC2)C1. The molecule has 0 aliphatic heterocycles. The molecule has 0 heterocycles. The zero-order valence-corrected chi connectivity index (χ0v) is 8.23. The summed E-state index contributed by atoms with van der Waals surface area (Å²) in [5, 5.41) is 0. The maximum atomic E-state index is 1.56. The van der Waals surface area contributed by atoms with E-state index < -0.39 is 0 Å². The number of hydrogen-bond acceptors (Lipinski definition) is 0. The van der Waals surface area contributed by atoms with Crippen molar-refractivity contribution >= 4 is 0 Å². The van der Waals surface area contributed by atoms with E-state index in [1.807, 2.05) is 0 Å². The van der Waals surface area contributed by atoms with Gasteiger partial charge in [-0.15, -0.1) is 0 Å². The van der Waals surface area contributed by atoms with Gasteiger partial charge in [0.2, 0.25) is 0 Å². The first kappa shape index (κ1) is 8.59. The lowest BCUT2D eigenvalue weighted by Gasteiger charge is -2.12. The van der Waals surface area contributed by atoms with E-state index in [4.69, 9.17) is 0 Å². The Hall–Kier alpha value is 0. The van der Waals surface area contributed by atoms with Crippen molar-refractivity contribution in [3.05, 3.63) is 0 Å². The Labute approximate surface area is 76.7 Å². The summed E-state index contributed by atoms with van der Waals surface area (Å²) >= 11 is 0. The third-order valence-corrected chi connectivity index (χ3v) is 3.93. The first-order valence-corrected chi connectivity index (χ1v) is 5.95. The Balaban J connectivity index is 1.60. The molecule has 2 fully saturated rings. The van der Waals surface area contributed by atoms with E-state index in [0.717, 1.165) is 11.8 Å². The Morgan fingerprint density at radius 3 is 1.25 bits per heavy atom. The highest BCUT2D eigenvalue weighted by molar-refractivity contribution is 4.72. The molecule has 0 spiro atoms. The molecule has 2 saturated carbocycles. The summed E-state index contributed by atoms with van der Waals surface area (Å²) in [6.07, 6.45) is 15.4. The summed E-state index contributed by atoms with van der Waals surface area (Å²) in [6, 6.07) is 0. The second-order valence-corrected chi connectivity index (χ2v) is 4.88. The van der Waals surface area contributed by atoms with Gasteiger partial charge in [0.25, 0.3) is 0 Å². The summed E-state index contributed by atoms with van der Waals surface area (Å²) in [5.74, 6) is 2.26. The molecule has 2 rings (SSSR count). The monoisotopic (exact) mass is 166 g/mol. The van der Waals surface area contributed by atoms with Crippen molar-refractivity contribution in [2.24, 2.45) is 11.8 Å². The van der Waals surface area contributed by atoms with E-state index in [-0.39, 0.29) is 0 Å². The minimum atomic E-state index is 1.13. The molecule has 0 aromatic heterocycles. The van der Waals surface area contributed by atoms with Crippen LogP contribution in [0.25, 0.3) is 0 Å². The molecule has 0 aromatic carbocycles. The zero-order valence-electron chi connectivity index (χ0n) is 8.23. The average Bonchev–Trinajstić information content (AvgIpc) is 2.74. The largest absolute Gasteiger partial charge is 0.0530 e. The number of rotatable bonds is 3. The van der Waals surface area contributed by atoms with Crippen LogP contribution in [-0.4, -0.2) is 0 Å². The van der Waals surface area contributed by atoms with E-state index in [2.05, 4.69) is 0 Å². The molecule has 0 amide bonds. The van der Waals surface area contributed by atoms with Gasteiger partial charge in [-0.25, -0.2) is 0 Å². The topological polar surface area (TPSA) is 0 Å². The molecule has 0 heteroatoms. The highest BCUT2D eigenvalue weighted by Gasteiger charge is 2.19. The first-order valence-electron chi connectivity index (χ1n) is 5.95. The third-order valence-electron chi connectivity index (χ3n) is 3.93. The van der Waals surface area contributed by atoms with Gasteiger partial charge in [0, 0.05) is 0 Å². The van der Waals surface area contributed by atoms with Crippen LogP contribution >= 0.6 is 0 Å². The van der Waals surface area contributed by atoms with Crippen LogP contribution < -0.4 is 0 Å². The molecule has 0 radical (unpaired) electrons. The molecule has 0 nitrogen and oxygen atoms in total. The van der Waals surface area contributed by atoms with Crippen molar-refractivity contribution in [1.82, 2.24) is 0 Å². The maximum Gasteiger partial charge on any atom is -0.0414 e. The van der Waals surface area contributed by atoms with Gasteiger partial charge in [-0.3, -0.25) is 0 Å². The van der Waals surface area contributed by atoms with Gasteiger partial charge in [0.1, 0.15) is 0 Å². The van der Waals surface area contributed by atoms with Crippen molar-refractivity contribution in [3.8, 4) is 0 Å². The highest BCUT2D eigenvalue weighted by atomic mass is 14.2. The van der Waals surface area contributed by atoms with Gasteiger partial charge >= 0.3 is 0 Å².